The number of ether oxygens (including phenoxy) is 2. The number of benzene rings is 1. The molecular weight excluding hydrogens is 250 g/mol. The second-order valence-corrected chi connectivity index (χ2v) is 5.44. The van der Waals surface area contributed by atoms with Gasteiger partial charge >= 0.3 is 0 Å². The Morgan fingerprint density at radius 1 is 1.20 bits per heavy atom. The highest BCUT2D eigenvalue weighted by atomic mass is 16.5. The van der Waals surface area contributed by atoms with Crippen LogP contribution in [-0.4, -0.2) is 25.9 Å². The first-order chi connectivity index (χ1) is 9.78. The van der Waals surface area contributed by atoms with Crippen LogP contribution in [0.2, 0.25) is 0 Å². The van der Waals surface area contributed by atoms with Crippen molar-refractivity contribution in [2.75, 3.05) is 13.7 Å². The van der Waals surface area contributed by atoms with Crippen molar-refractivity contribution >= 4 is 0 Å². The Morgan fingerprint density at radius 2 is 1.90 bits per heavy atom. The van der Waals surface area contributed by atoms with Crippen molar-refractivity contribution in [3.05, 3.63) is 29.8 Å². The zero-order chi connectivity index (χ0) is 14.4. The van der Waals surface area contributed by atoms with Gasteiger partial charge in [0.05, 0.1) is 18.2 Å². The zero-order valence-corrected chi connectivity index (χ0v) is 12.9. The van der Waals surface area contributed by atoms with Crippen LogP contribution < -0.4 is 10.1 Å². The molecule has 0 radical (unpaired) electrons. The third kappa shape index (κ3) is 4.22. The van der Waals surface area contributed by atoms with E-state index in [0.29, 0.717) is 6.10 Å². The van der Waals surface area contributed by atoms with E-state index in [1.807, 2.05) is 7.05 Å². The van der Waals surface area contributed by atoms with Crippen LogP contribution in [-0.2, 0) is 4.74 Å². The summed E-state index contributed by atoms with van der Waals surface area (Å²) in [6, 6.07) is 8.70. The van der Waals surface area contributed by atoms with Crippen molar-refractivity contribution in [2.24, 2.45) is 0 Å². The molecule has 1 aromatic rings. The van der Waals surface area contributed by atoms with Gasteiger partial charge in [-0.3, -0.25) is 0 Å². The van der Waals surface area contributed by atoms with E-state index in [4.69, 9.17) is 9.47 Å². The standard InChI is InChI=1S/C17H27NO2/c1-4-6-16(19-5-2)17(18-3)13-7-9-14(10-8-13)20-15-11-12-15/h7-10,15-18H,4-6,11-12H2,1-3H3. The van der Waals surface area contributed by atoms with Gasteiger partial charge in [-0.25, -0.2) is 0 Å². The van der Waals surface area contributed by atoms with Crippen LogP contribution in [0.3, 0.4) is 0 Å². The largest absolute Gasteiger partial charge is 0.490 e. The molecule has 0 aliphatic heterocycles. The predicted octanol–water partition coefficient (Wildman–Crippen LogP) is 3.69. The SMILES string of the molecule is CCCC(OCC)C(NC)c1ccc(OC2CC2)cc1. The van der Waals surface area contributed by atoms with Gasteiger partial charge in [-0.1, -0.05) is 25.5 Å². The van der Waals surface area contributed by atoms with Gasteiger partial charge in [-0.15, -0.1) is 0 Å². The van der Waals surface area contributed by atoms with Gasteiger partial charge in [0.15, 0.2) is 0 Å². The molecular formula is C17H27NO2. The Labute approximate surface area is 122 Å². The Hall–Kier alpha value is -1.06. The highest BCUT2D eigenvalue weighted by molar-refractivity contribution is 5.30. The first-order valence-corrected chi connectivity index (χ1v) is 7.84. The van der Waals surface area contributed by atoms with Gasteiger partial charge in [0.25, 0.3) is 0 Å². The third-order valence-corrected chi connectivity index (χ3v) is 3.70. The zero-order valence-electron chi connectivity index (χ0n) is 12.9. The molecule has 3 heteroatoms. The molecule has 0 amide bonds. The van der Waals surface area contributed by atoms with E-state index in [1.165, 1.54) is 18.4 Å². The topological polar surface area (TPSA) is 30.5 Å². The molecule has 112 valence electrons. The number of hydrogen-bond donors (Lipinski definition) is 1. The fraction of sp³-hybridized carbons (Fsp3) is 0.647. The molecule has 2 atom stereocenters. The maximum atomic E-state index is 5.90. The van der Waals surface area contributed by atoms with Gasteiger partial charge in [-0.2, -0.15) is 0 Å². The summed E-state index contributed by atoms with van der Waals surface area (Å²) in [5, 5.41) is 3.39. The minimum atomic E-state index is 0.227. The second-order valence-electron chi connectivity index (χ2n) is 5.44. The molecule has 0 aromatic heterocycles. The molecule has 0 bridgehead atoms. The van der Waals surface area contributed by atoms with E-state index in [1.54, 1.807) is 0 Å². The maximum absolute atomic E-state index is 5.90. The fourth-order valence-electron chi connectivity index (χ4n) is 2.54. The maximum Gasteiger partial charge on any atom is 0.119 e. The summed E-state index contributed by atoms with van der Waals surface area (Å²) >= 11 is 0. The molecule has 0 saturated heterocycles. The van der Waals surface area contributed by atoms with Crippen molar-refractivity contribution in [3.63, 3.8) is 0 Å². The molecule has 1 aromatic carbocycles. The van der Waals surface area contributed by atoms with Gasteiger partial charge in [0.1, 0.15) is 5.75 Å². The molecule has 1 fully saturated rings. The average molecular weight is 277 g/mol. The Morgan fingerprint density at radius 3 is 2.40 bits per heavy atom. The minimum absolute atomic E-state index is 0.227. The molecule has 0 heterocycles. The summed E-state index contributed by atoms with van der Waals surface area (Å²) in [5.74, 6) is 0.981. The van der Waals surface area contributed by atoms with Gasteiger partial charge in [-0.05, 0) is 50.9 Å². The van der Waals surface area contributed by atoms with Crippen molar-refractivity contribution < 1.29 is 9.47 Å². The predicted molar refractivity (Wildman–Crippen MR) is 82.2 cm³/mol. The van der Waals surface area contributed by atoms with Gasteiger partial charge in [0.2, 0.25) is 0 Å². The van der Waals surface area contributed by atoms with Crippen molar-refractivity contribution in [2.45, 2.75) is 57.8 Å². The first-order valence-electron chi connectivity index (χ1n) is 7.84. The molecule has 1 N–H and O–H groups in total. The normalized spacial score (nSPS) is 17.8. The highest BCUT2D eigenvalue weighted by Gasteiger charge is 2.24. The average Bonchev–Trinajstić information content (AvgIpc) is 3.26. The fourth-order valence-corrected chi connectivity index (χ4v) is 2.54. The molecule has 0 spiro atoms. The summed E-state index contributed by atoms with van der Waals surface area (Å²) in [4.78, 5) is 0. The summed E-state index contributed by atoms with van der Waals surface area (Å²) in [6.45, 7) is 5.01. The van der Waals surface area contributed by atoms with Crippen LogP contribution in [0.15, 0.2) is 24.3 Å². The lowest BCUT2D eigenvalue weighted by molar-refractivity contribution is 0.0295. The molecule has 3 nitrogen and oxygen atoms in total. The van der Waals surface area contributed by atoms with Crippen molar-refractivity contribution in [1.29, 1.82) is 0 Å². The monoisotopic (exact) mass is 277 g/mol. The van der Waals surface area contributed by atoms with Crippen LogP contribution in [0, 0.1) is 0 Å². The molecule has 1 aliphatic carbocycles. The summed E-state index contributed by atoms with van der Waals surface area (Å²) in [7, 11) is 2.00. The van der Waals surface area contributed by atoms with Crippen LogP contribution >= 0.6 is 0 Å². The molecule has 2 rings (SSSR count). The lowest BCUT2D eigenvalue weighted by Crippen LogP contribution is -2.31. The second kappa shape index (κ2) is 7.65. The molecule has 20 heavy (non-hydrogen) atoms. The van der Waals surface area contributed by atoms with E-state index in [9.17, 15) is 0 Å². The number of rotatable bonds is 9. The van der Waals surface area contributed by atoms with Crippen LogP contribution in [0.25, 0.3) is 0 Å². The smallest absolute Gasteiger partial charge is 0.119 e. The molecule has 2 unspecified atom stereocenters. The van der Waals surface area contributed by atoms with Crippen LogP contribution in [0.5, 0.6) is 5.75 Å². The third-order valence-electron chi connectivity index (χ3n) is 3.70. The quantitative estimate of drug-likeness (QED) is 0.746. The van der Waals surface area contributed by atoms with Crippen molar-refractivity contribution in [3.8, 4) is 5.75 Å². The molecule has 1 aliphatic rings. The summed E-state index contributed by atoms with van der Waals surface area (Å²) in [6.07, 6.45) is 5.28. The summed E-state index contributed by atoms with van der Waals surface area (Å²) in [5.41, 5.74) is 1.27. The van der Waals surface area contributed by atoms with E-state index in [0.717, 1.165) is 25.2 Å². The Balaban J connectivity index is 2.04. The number of nitrogens with one attached hydrogen (secondary N) is 1. The van der Waals surface area contributed by atoms with Crippen LogP contribution in [0.4, 0.5) is 0 Å². The molecule has 1 saturated carbocycles. The van der Waals surface area contributed by atoms with E-state index in [2.05, 4.69) is 43.4 Å². The summed E-state index contributed by atoms with van der Waals surface area (Å²) < 4.78 is 11.7. The lowest BCUT2D eigenvalue weighted by Gasteiger charge is -2.27. The van der Waals surface area contributed by atoms with Gasteiger partial charge in [0, 0.05) is 6.61 Å². The Kier molecular flexibility index (Phi) is 5.86. The van der Waals surface area contributed by atoms with Gasteiger partial charge < -0.3 is 14.8 Å². The number of likely N-dealkylation sites (N-methyl/N-ethyl adjacent to an activating group) is 1. The first kappa shape index (κ1) is 15.3. The van der Waals surface area contributed by atoms with E-state index < -0.39 is 0 Å². The Bertz CT molecular complexity index is 380. The van der Waals surface area contributed by atoms with Crippen molar-refractivity contribution in [1.82, 2.24) is 5.32 Å². The minimum Gasteiger partial charge on any atom is -0.490 e. The van der Waals surface area contributed by atoms with E-state index in [-0.39, 0.29) is 12.1 Å². The van der Waals surface area contributed by atoms with Crippen LogP contribution in [0.1, 0.15) is 51.1 Å². The van der Waals surface area contributed by atoms with E-state index >= 15 is 0 Å². The lowest BCUT2D eigenvalue weighted by atomic mass is 9.98. The number of hydrogen-bond acceptors (Lipinski definition) is 3. The highest BCUT2D eigenvalue weighted by Crippen LogP contribution is 2.29.